The third-order valence-electron chi connectivity index (χ3n) is 2.44. The second-order valence-corrected chi connectivity index (χ2v) is 3.15. The van der Waals surface area contributed by atoms with Crippen molar-refractivity contribution in [3.05, 3.63) is 7.05 Å². The molecule has 2 saturated heterocycles. The van der Waals surface area contributed by atoms with Crippen LogP contribution >= 0.6 is 0 Å². The van der Waals surface area contributed by atoms with Gasteiger partial charge in [-0.15, -0.1) is 0 Å². The zero-order valence-electron chi connectivity index (χ0n) is 5.64. The highest BCUT2D eigenvalue weighted by Crippen LogP contribution is 2.23. The van der Waals surface area contributed by atoms with Gasteiger partial charge in [-0.2, -0.15) is 0 Å². The molecule has 0 amide bonds. The Bertz CT molecular complexity index is 101. The van der Waals surface area contributed by atoms with Crippen molar-refractivity contribution in [1.29, 1.82) is 0 Å². The molecule has 2 heteroatoms. The molecular formula is C7H13N2-. The predicted molar refractivity (Wildman–Crippen MR) is 36.8 cm³/mol. The number of nitrogens with one attached hydrogen (secondary N) is 1. The lowest BCUT2D eigenvalue weighted by Gasteiger charge is -2.17. The van der Waals surface area contributed by atoms with E-state index in [-0.39, 0.29) is 0 Å². The van der Waals surface area contributed by atoms with E-state index >= 15 is 0 Å². The first kappa shape index (κ1) is 5.69. The highest BCUT2D eigenvalue weighted by atomic mass is 15.2. The van der Waals surface area contributed by atoms with E-state index in [0.29, 0.717) is 0 Å². The van der Waals surface area contributed by atoms with Crippen LogP contribution < -0.4 is 5.32 Å². The van der Waals surface area contributed by atoms with E-state index in [4.69, 9.17) is 0 Å². The first-order chi connectivity index (χ1) is 4.36. The van der Waals surface area contributed by atoms with Crippen molar-refractivity contribution in [2.24, 2.45) is 5.92 Å². The number of likely N-dealkylation sites (tertiary alicyclic amines) is 1. The van der Waals surface area contributed by atoms with Gasteiger partial charge in [-0.25, -0.2) is 0 Å². The molecule has 2 fully saturated rings. The molecule has 2 nitrogen and oxygen atoms in total. The Hall–Kier alpha value is -0.0800. The van der Waals surface area contributed by atoms with Gasteiger partial charge in [0.15, 0.2) is 0 Å². The second-order valence-electron chi connectivity index (χ2n) is 3.15. The number of nitrogens with zero attached hydrogens (tertiary/aromatic N) is 1. The summed E-state index contributed by atoms with van der Waals surface area (Å²) in [6, 6.07) is 0.766. The molecule has 2 atom stereocenters. The van der Waals surface area contributed by atoms with Crippen LogP contribution in [0.3, 0.4) is 0 Å². The Balaban J connectivity index is 2.02. The predicted octanol–water partition coefficient (Wildman–Crippen LogP) is 0.0717. The van der Waals surface area contributed by atoms with E-state index in [1.54, 1.807) is 0 Å². The summed E-state index contributed by atoms with van der Waals surface area (Å²) in [5.74, 6) is 0.905. The maximum absolute atomic E-state index is 3.91. The summed E-state index contributed by atoms with van der Waals surface area (Å²) in [6.45, 7) is 3.59. The Morgan fingerprint density at radius 3 is 3.11 bits per heavy atom. The molecule has 9 heavy (non-hydrogen) atoms. The van der Waals surface area contributed by atoms with Crippen LogP contribution in [0.25, 0.3) is 0 Å². The summed E-state index contributed by atoms with van der Waals surface area (Å²) in [7, 11) is 3.91. The molecular weight excluding hydrogens is 112 g/mol. The van der Waals surface area contributed by atoms with E-state index in [1.165, 1.54) is 19.5 Å². The van der Waals surface area contributed by atoms with Crippen LogP contribution in [-0.4, -0.2) is 30.6 Å². The average molecular weight is 125 g/mol. The normalized spacial score (nSPS) is 43.7. The zero-order valence-corrected chi connectivity index (χ0v) is 5.64. The van der Waals surface area contributed by atoms with E-state index in [9.17, 15) is 0 Å². The van der Waals surface area contributed by atoms with Gasteiger partial charge >= 0.3 is 0 Å². The number of hydrogen-bond acceptors (Lipinski definition) is 2. The van der Waals surface area contributed by atoms with Crippen LogP contribution in [-0.2, 0) is 0 Å². The Labute approximate surface area is 56.2 Å². The van der Waals surface area contributed by atoms with Crippen LogP contribution in [0.15, 0.2) is 0 Å². The van der Waals surface area contributed by atoms with E-state index < -0.39 is 0 Å². The first-order valence-electron chi connectivity index (χ1n) is 3.65. The largest absolute Gasteiger partial charge is 0.458 e. The molecule has 0 spiro atoms. The molecule has 2 rings (SSSR count). The Kier molecular flexibility index (Phi) is 1.24. The van der Waals surface area contributed by atoms with Gasteiger partial charge in [-0.1, -0.05) is 0 Å². The standard InChI is InChI=1S/C7H13N2/c1-9-4-6-2-3-8-7(6)5-9/h6-8H,1-5H2/q-1/t6-,7+/m0/s1. The maximum Gasteiger partial charge on any atom is 0.0210 e. The van der Waals surface area contributed by atoms with Gasteiger partial charge in [-0.3, -0.25) is 7.05 Å². The summed E-state index contributed by atoms with van der Waals surface area (Å²) < 4.78 is 0. The third-order valence-corrected chi connectivity index (χ3v) is 2.44. The number of fused-ring (bicyclic) bond motifs is 1. The second kappa shape index (κ2) is 1.96. The maximum atomic E-state index is 3.91. The quantitative estimate of drug-likeness (QED) is 0.461. The first-order valence-corrected chi connectivity index (χ1v) is 3.65. The minimum absolute atomic E-state index is 0.766. The molecule has 0 aromatic heterocycles. The van der Waals surface area contributed by atoms with Crippen molar-refractivity contribution < 1.29 is 0 Å². The molecule has 0 aromatic rings. The molecule has 0 aromatic carbocycles. The monoisotopic (exact) mass is 125 g/mol. The fourth-order valence-corrected chi connectivity index (χ4v) is 1.94. The lowest BCUT2D eigenvalue weighted by Crippen LogP contribution is -2.27. The molecule has 2 aliphatic rings. The lowest BCUT2D eigenvalue weighted by molar-refractivity contribution is 0.420. The smallest absolute Gasteiger partial charge is 0.0210 e. The van der Waals surface area contributed by atoms with Crippen LogP contribution in [0.5, 0.6) is 0 Å². The molecule has 0 saturated carbocycles. The summed E-state index contributed by atoms with van der Waals surface area (Å²) >= 11 is 0. The highest BCUT2D eigenvalue weighted by molar-refractivity contribution is 4.93. The van der Waals surface area contributed by atoms with Crippen molar-refractivity contribution in [2.75, 3.05) is 19.6 Å². The molecule has 2 heterocycles. The van der Waals surface area contributed by atoms with Gasteiger partial charge in [0.1, 0.15) is 0 Å². The molecule has 52 valence electrons. The van der Waals surface area contributed by atoms with E-state index in [1.807, 2.05) is 0 Å². The third kappa shape index (κ3) is 0.864. The van der Waals surface area contributed by atoms with Gasteiger partial charge in [0.05, 0.1) is 0 Å². The fourth-order valence-electron chi connectivity index (χ4n) is 1.94. The summed E-state index contributed by atoms with van der Waals surface area (Å²) in [6.07, 6.45) is 1.36. The molecule has 1 N–H and O–H groups in total. The molecule has 0 bridgehead atoms. The fraction of sp³-hybridized carbons (Fsp3) is 0.857. The van der Waals surface area contributed by atoms with Crippen LogP contribution in [0.2, 0.25) is 0 Å². The molecule has 0 unspecified atom stereocenters. The summed E-state index contributed by atoms with van der Waals surface area (Å²) in [5.41, 5.74) is 0. The van der Waals surface area contributed by atoms with Gasteiger partial charge in [0.25, 0.3) is 0 Å². The van der Waals surface area contributed by atoms with Gasteiger partial charge in [-0.05, 0) is 32.0 Å². The average Bonchev–Trinajstić information content (AvgIpc) is 2.22. The number of rotatable bonds is 0. The molecule has 0 aliphatic carbocycles. The highest BCUT2D eigenvalue weighted by Gasteiger charge is 2.31. The topological polar surface area (TPSA) is 15.3 Å². The Morgan fingerprint density at radius 1 is 1.44 bits per heavy atom. The van der Waals surface area contributed by atoms with Gasteiger partial charge in [0, 0.05) is 6.04 Å². The van der Waals surface area contributed by atoms with Gasteiger partial charge < -0.3 is 10.2 Å². The van der Waals surface area contributed by atoms with Crippen molar-refractivity contribution in [2.45, 2.75) is 12.5 Å². The minimum Gasteiger partial charge on any atom is -0.458 e. The van der Waals surface area contributed by atoms with Crippen LogP contribution in [0.1, 0.15) is 6.42 Å². The molecule has 0 radical (unpaired) electrons. The minimum atomic E-state index is 0.766. The summed E-state index contributed by atoms with van der Waals surface area (Å²) in [5, 5.41) is 3.47. The van der Waals surface area contributed by atoms with Crippen LogP contribution in [0.4, 0.5) is 0 Å². The lowest BCUT2D eigenvalue weighted by atomic mass is 10.1. The van der Waals surface area contributed by atoms with Crippen molar-refractivity contribution >= 4 is 0 Å². The SMILES string of the molecule is [CH2-]N1C[C@@H]2CCN[C@@H]2C1. The Morgan fingerprint density at radius 2 is 2.33 bits per heavy atom. The van der Waals surface area contributed by atoms with Gasteiger partial charge in [0.2, 0.25) is 0 Å². The summed E-state index contributed by atoms with van der Waals surface area (Å²) in [4.78, 5) is 2.17. The number of hydrogen-bond donors (Lipinski definition) is 1. The molecule has 2 aliphatic heterocycles. The van der Waals surface area contributed by atoms with Crippen molar-refractivity contribution in [1.82, 2.24) is 10.2 Å². The van der Waals surface area contributed by atoms with E-state index in [2.05, 4.69) is 17.3 Å². The van der Waals surface area contributed by atoms with E-state index in [0.717, 1.165) is 18.5 Å². The van der Waals surface area contributed by atoms with Crippen molar-refractivity contribution in [3.63, 3.8) is 0 Å². The zero-order chi connectivity index (χ0) is 6.27. The van der Waals surface area contributed by atoms with Crippen LogP contribution in [0, 0.1) is 13.0 Å². The van der Waals surface area contributed by atoms with Crippen molar-refractivity contribution in [3.8, 4) is 0 Å².